The van der Waals surface area contributed by atoms with E-state index in [1.54, 1.807) is 30.2 Å². The Labute approximate surface area is 120 Å². The molecule has 1 heterocycles. The van der Waals surface area contributed by atoms with Crippen molar-refractivity contribution in [3.63, 3.8) is 0 Å². The SMILES string of the molecule is C[C@@H](NC[C@H](O)C(F)(F)F)c1cccc(-n2ccnc2)c1. The summed E-state index contributed by atoms with van der Waals surface area (Å²) in [5.74, 6) is 0. The molecule has 2 rings (SSSR count). The van der Waals surface area contributed by atoms with E-state index in [9.17, 15) is 13.2 Å². The van der Waals surface area contributed by atoms with Gasteiger partial charge in [0.25, 0.3) is 0 Å². The molecule has 1 aromatic carbocycles. The Hall–Kier alpha value is -1.86. The van der Waals surface area contributed by atoms with E-state index < -0.39 is 18.8 Å². The maximum absolute atomic E-state index is 12.3. The average molecular weight is 299 g/mol. The minimum Gasteiger partial charge on any atom is -0.382 e. The molecule has 0 aliphatic carbocycles. The molecule has 0 amide bonds. The molecular formula is C14H16F3N3O. The molecule has 2 N–H and O–H groups in total. The smallest absolute Gasteiger partial charge is 0.382 e. The third-order valence-corrected chi connectivity index (χ3v) is 3.17. The molecule has 21 heavy (non-hydrogen) atoms. The molecule has 0 radical (unpaired) electrons. The Kier molecular flexibility index (Phi) is 4.64. The highest BCUT2D eigenvalue weighted by atomic mass is 19.4. The second-order valence-corrected chi connectivity index (χ2v) is 4.75. The summed E-state index contributed by atoms with van der Waals surface area (Å²) in [6.45, 7) is 1.20. The summed E-state index contributed by atoms with van der Waals surface area (Å²) in [6, 6.07) is 7.06. The molecule has 0 saturated carbocycles. The van der Waals surface area contributed by atoms with Crippen LogP contribution in [0.2, 0.25) is 0 Å². The number of imidazole rings is 1. The summed E-state index contributed by atoms with van der Waals surface area (Å²) < 4.78 is 38.6. The van der Waals surface area contributed by atoms with Crippen molar-refractivity contribution < 1.29 is 18.3 Å². The van der Waals surface area contributed by atoms with Crippen LogP contribution in [0.4, 0.5) is 13.2 Å². The topological polar surface area (TPSA) is 50.1 Å². The number of alkyl halides is 3. The zero-order valence-corrected chi connectivity index (χ0v) is 11.4. The van der Waals surface area contributed by atoms with E-state index in [2.05, 4.69) is 10.3 Å². The van der Waals surface area contributed by atoms with E-state index in [0.717, 1.165) is 11.3 Å². The predicted molar refractivity (Wildman–Crippen MR) is 72.0 cm³/mol. The maximum Gasteiger partial charge on any atom is 0.415 e. The first-order valence-corrected chi connectivity index (χ1v) is 6.44. The van der Waals surface area contributed by atoms with Crippen LogP contribution in [0.25, 0.3) is 5.69 Å². The Morgan fingerprint density at radius 3 is 2.76 bits per heavy atom. The minimum absolute atomic E-state index is 0.314. The first-order chi connectivity index (χ1) is 9.88. The van der Waals surface area contributed by atoms with Gasteiger partial charge < -0.3 is 15.0 Å². The van der Waals surface area contributed by atoms with Crippen LogP contribution in [0, 0.1) is 0 Å². The standard InChI is InChI=1S/C14H16F3N3O/c1-10(19-8-13(21)14(15,16)17)11-3-2-4-12(7-11)20-6-5-18-9-20/h2-7,9-10,13,19,21H,8H2,1H3/t10-,13+/m1/s1. The van der Waals surface area contributed by atoms with E-state index >= 15 is 0 Å². The Morgan fingerprint density at radius 2 is 2.14 bits per heavy atom. The molecule has 1 aromatic heterocycles. The Bertz CT molecular complexity index is 569. The second kappa shape index (κ2) is 6.28. The molecular weight excluding hydrogens is 283 g/mol. The molecule has 114 valence electrons. The van der Waals surface area contributed by atoms with Gasteiger partial charge in [-0.25, -0.2) is 4.98 Å². The number of nitrogens with one attached hydrogen (secondary N) is 1. The number of hydrogen-bond donors (Lipinski definition) is 2. The largest absolute Gasteiger partial charge is 0.415 e. The molecule has 0 saturated heterocycles. The maximum atomic E-state index is 12.3. The van der Waals surface area contributed by atoms with Crippen LogP contribution in [0.3, 0.4) is 0 Å². The number of rotatable bonds is 5. The molecule has 0 spiro atoms. The third kappa shape index (κ3) is 4.05. The summed E-state index contributed by atoms with van der Waals surface area (Å²) in [7, 11) is 0. The van der Waals surface area contributed by atoms with E-state index in [1.807, 2.05) is 24.3 Å². The summed E-state index contributed by atoms with van der Waals surface area (Å²) in [6.07, 6.45) is -1.90. The molecule has 2 atom stereocenters. The Morgan fingerprint density at radius 1 is 1.38 bits per heavy atom. The van der Waals surface area contributed by atoms with E-state index in [4.69, 9.17) is 5.11 Å². The molecule has 7 heteroatoms. The van der Waals surface area contributed by atoms with Crippen LogP contribution < -0.4 is 5.32 Å². The molecule has 2 aromatic rings. The number of aromatic nitrogens is 2. The predicted octanol–water partition coefficient (Wildman–Crippen LogP) is 2.45. The van der Waals surface area contributed by atoms with Gasteiger partial charge >= 0.3 is 6.18 Å². The summed E-state index contributed by atoms with van der Waals surface area (Å²) >= 11 is 0. The number of nitrogens with zero attached hydrogens (tertiary/aromatic N) is 2. The van der Waals surface area contributed by atoms with E-state index in [1.165, 1.54) is 0 Å². The highest BCUT2D eigenvalue weighted by Gasteiger charge is 2.37. The second-order valence-electron chi connectivity index (χ2n) is 4.75. The van der Waals surface area contributed by atoms with Crippen molar-refractivity contribution in [1.29, 1.82) is 0 Å². The van der Waals surface area contributed by atoms with E-state index in [0.29, 0.717) is 0 Å². The zero-order valence-electron chi connectivity index (χ0n) is 11.4. The van der Waals surface area contributed by atoms with Gasteiger partial charge in [-0.05, 0) is 24.6 Å². The highest BCUT2D eigenvalue weighted by molar-refractivity contribution is 5.36. The first-order valence-electron chi connectivity index (χ1n) is 6.44. The monoisotopic (exact) mass is 299 g/mol. The summed E-state index contributed by atoms with van der Waals surface area (Å²) in [4.78, 5) is 3.95. The van der Waals surface area contributed by atoms with E-state index in [-0.39, 0.29) is 6.04 Å². The van der Waals surface area contributed by atoms with Crippen LogP contribution in [0.1, 0.15) is 18.5 Å². The van der Waals surface area contributed by atoms with Crippen molar-refractivity contribution in [2.24, 2.45) is 0 Å². The van der Waals surface area contributed by atoms with Crippen molar-refractivity contribution >= 4 is 0 Å². The minimum atomic E-state index is -4.61. The van der Waals surface area contributed by atoms with Crippen LogP contribution in [0.15, 0.2) is 43.0 Å². The zero-order chi connectivity index (χ0) is 15.5. The van der Waals surface area contributed by atoms with Gasteiger partial charge in [0.05, 0.1) is 6.33 Å². The lowest BCUT2D eigenvalue weighted by molar-refractivity contribution is -0.202. The number of benzene rings is 1. The van der Waals surface area contributed by atoms with Gasteiger partial charge in [0.1, 0.15) is 0 Å². The molecule has 0 aliphatic heterocycles. The van der Waals surface area contributed by atoms with Gasteiger partial charge in [-0.1, -0.05) is 12.1 Å². The van der Waals surface area contributed by atoms with Gasteiger partial charge in [0.2, 0.25) is 0 Å². The molecule has 0 bridgehead atoms. The van der Waals surface area contributed by atoms with Gasteiger partial charge in [0, 0.05) is 30.7 Å². The van der Waals surface area contributed by atoms with Crippen molar-refractivity contribution in [2.75, 3.05) is 6.54 Å². The van der Waals surface area contributed by atoms with Crippen molar-refractivity contribution in [3.05, 3.63) is 48.5 Å². The van der Waals surface area contributed by atoms with Crippen LogP contribution in [-0.2, 0) is 0 Å². The molecule has 4 nitrogen and oxygen atoms in total. The van der Waals surface area contributed by atoms with Gasteiger partial charge in [0.15, 0.2) is 6.10 Å². The highest BCUT2D eigenvalue weighted by Crippen LogP contribution is 2.21. The first kappa shape index (κ1) is 15.5. The number of aliphatic hydroxyl groups excluding tert-OH is 1. The third-order valence-electron chi connectivity index (χ3n) is 3.17. The van der Waals surface area contributed by atoms with Crippen molar-refractivity contribution in [3.8, 4) is 5.69 Å². The normalized spacial score (nSPS) is 14.9. The molecule has 0 aliphatic rings. The van der Waals surface area contributed by atoms with Gasteiger partial charge in [-0.2, -0.15) is 13.2 Å². The lowest BCUT2D eigenvalue weighted by Crippen LogP contribution is -2.39. The number of halogens is 3. The number of hydrogen-bond acceptors (Lipinski definition) is 3. The van der Waals surface area contributed by atoms with Crippen LogP contribution in [0.5, 0.6) is 0 Å². The summed E-state index contributed by atoms with van der Waals surface area (Å²) in [5.41, 5.74) is 1.70. The molecule has 0 fully saturated rings. The average Bonchev–Trinajstić information content (AvgIpc) is 2.97. The van der Waals surface area contributed by atoms with Gasteiger partial charge in [-0.3, -0.25) is 0 Å². The fourth-order valence-electron chi connectivity index (χ4n) is 1.89. The Balaban J connectivity index is 2.03. The molecule has 0 unspecified atom stereocenters. The number of aliphatic hydroxyl groups is 1. The van der Waals surface area contributed by atoms with Crippen molar-refractivity contribution in [1.82, 2.24) is 14.9 Å². The van der Waals surface area contributed by atoms with Gasteiger partial charge in [-0.15, -0.1) is 0 Å². The van der Waals surface area contributed by atoms with Crippen LogP contribution >= 0.6 is 0 Å². The van der Waals surface area contributed by atoms with Crippen molar-refractivity contribution in [2.45, 2.75) is 25.2 Å². The lowest BCUT2D eigenvalue weighted by atomic mass is 10.1. The lowest BCUT2D eigenvalue weighted by Gasteiger charge is -2.19. The fourth-order valence-corrected chi connectivity index (χ4v) is 1.89. The van der Waals surface area contributed by atoms with Crippen LogP contribution in [-0.4, -0.2) is 33.5 Å². The summed E-state index contributed by atoms with van der Waals surface area (Å²) in [5, 5.41) is 11.7. The quantitative estimate of drug-likeness (QED) is 0.891. The fraction of sp³-hybridized carbons (Fsp3) is 0.357.